The van der Waals surface area contributed by atoms with Crippen molar-refractivity contribution in [3.05, 3.63) is 162 Å². The molecular weight excluding hydrogens is 530 g/mol. The van der Waals surface area contributed by atoms with Crippen molar-refractivity contribution in [1.29, 1.82) is 0 Å². The Balaban J connectivity index is 1.28. The number of nitrogens with zero attached hydrogens (tertiary/aromatic N) is 1. The average molecular weight is 566 g/mol. The molecule has 1 nitrogen and oxygen atoms in total. The summed E-state index contributed by atoms with van der Waals surface area (Å²) >= 11 is 0. The van der Waals surface area contributed by atoms with Crippen LogP contribution in [-0.2, 0) is 12.8 Å². The SMILES string of the molecule is Cc1cc2c(cc1N(c1ccc(-c3cc4ccccc4c4ccccc34)cc1)c1cccc(-c3ccccc3)c1)CCCC2. The Morgan fingerprint density at radius 3 is 1.91 bits per heavy atom. The monoisotopic (exact) mass is 565 g/mol. The topological polar surface area (TPSA) is 3.24 Å². The fourth-order valence-electron chi connectivity index (χ4n) is 7.10. The first-order valence-electron chi connectivity index (χ1n) is 15.8. The van der Waals surface area contributed by atoms with Gasteiger partial charge in [0.25, 0.3) is 0 Å². The van der Waals surface area contributed by atoms with Crippen LogP contribution in [0.1, 0.15) is 29.5 Å². The van der Waals surface area contributed by atoms with Crippen molar-refractivity contribution >= 4 is 38.6 Å². The first-order chi connectivity index (χ1) is 21.7. The lowest BCUT2D eigenvalue weighted by atomic mass is 9.89. The highest BCUT2D eigenvalue weighted by molar-refractivity contribution is 6.13. The number of aryl methyl sites for hydroxylation is 3. The minimum absolute atomic E-state index is 1.16. The zero-order valence-corrected chi connectivity index (χ0v) is 25.1. The van der Waals surface area contributed by atoms with E-state index in [0.717, 1.165) is 6.42 Å². The molecule has 44 heavy (non-hydrogen) atoms. The van der Waals surface area contributed by atoms with E-state index in [-0.39, 0.29) is 0 Å². The second-order valence-corrected chi connectivity index (χ2v) is 12.1. The lowest BCUT2D eigenvalue weighted by Gasteiger charge is -2.30. The molecule has 0 bridgehead atoms. The normalized spacial score (nSPS) is 12.8. The van der Waals surface area contributed by atoms with Crippen LogP contribution < -0.4 is 4.90 Å². The summed E-state index contributed by atoms with van der Waals surface area (Å²) in [6.45, 7) is 2.27. The van der Waals surface area contributed by atoms with Crippen LogP contribution in [0.3, 0.4) is 0 Å². The molecule has 0 N–H and O–H groups in total. The number of hydrogen-bond donors (Lipinski definition) is 0. The summed E-state index contributed by atoms with van der Waals surface area (Å²) in [5.41, 5.74) is 12.9. The van der Waals surface area contributed by atoms with Gasteiger partial charge in [0, 0.05) is 17.1 Å². The molecule has 7 aromatic carbocycles. The Kier molecular flexibility index (Phi) is 6.72. The number of anilines is 3. The second kappa shape index (κ2) is 11.2. The zero-order valence-electron chi connectivity index (χ0n) is 25.1. The number of hydrogen-bond acceptors (Lipinski definition) is 1. The molecule has 0 saturated heterocycles. The van der Waals surface area contributed by atoms with Crippen LogP contribution >= 0.6 is 0 Å². The van der Waals surface area contributed by atoms with Crippen LogP contribution in [0.4, 0.5) is 17.1 Å². The van der Waals surface area contributed by atoms with Crippen molar-refractivity contribution in [3.8, 4) is 22.3 Å². The Hall–Kier alpha value is -5.14. The van der Waals surface area contributed by atoms with Gasteiger partial charge in [0.1, 0.15) is 0 Å². The van der Waals surface area contributed by atoms with Crippen LogP contribution in [0.2, 0.25) is 0 Å². The Labute approximate surface area is 260 Å². The van der Waals surface area contributed by atoms with Crippen molar-refractivity contribution in [2.45, 2.75) is 32.6 Å². The third-order valence-electron chi connectivity index (χ3n) is 9.32. The highest BCUT2D eigenvalue weighted by atomic mass is 15.1. The Morgan fingerprint density at radius 1 is 0.455 bits per heavy atom. The van der Waals surface area contributed by atoms with E-state index < -0.39 is 0 Å². The van der Waals surface area contributed by atoms with Crippen molar-refractivity contribution < 1.29 is 0 Å². The molecule has 0 atom stereocenters. The third-order valence-corrected chi connectivity index (χ3v) is 9.32. The van der Waals surface area contributed by atoms with Gasteiger partial charge in [-0.3, -0.25) is 0 Å². The standard InChI is InChI=1S/C43H35N/c1-30-26-33-14-5-6-15-35(33)29-43(30)44(38-18-11-17-34(27-38)31-12-3-2-4-13-31)37-24-22-32(23-25-37)42-28-36-16-7-8-19-39(36)40-20-9-10-21-41(40)42/h2-4,7-13,16-29H,5-6,14-15H2,1H3. The molecule has 7 aromatic rings. The Morgan fingerprint density at radius 2 is 1.11 bits per heavy atom. The van der Waals surface area contributed by atoms with E-state index in [2.05, 4.69) is 157 Å². The molecule has 0 heterocycles. The summed E-state index contributed by atoms with van der Waals surface area (Å²) in [5.74, 6) is 0. The molecule has 1 aliphatic carbocycles. The minimum Gasteiger partial charge on any atom is -0.310 e. The maximum atomic E-state index is 2.46. The van der Waals surface area contributed by atoms with Crippen LogP contribution in [0.5, 0.6) is 0 Å². The lowest BCUT2D eigenvalue weighted by molar-refractivity contribution is 0.685. The van der Waals surface area contributed by atoms with Crippen LogP contribution in [-0.4, -0.2) is 0 Å². The molecule has 0 aliphatic heterocycles. The van der Waals surface area contributed by atoms with E-state index in [0.29, 0.717) is 0 Å². The summed E-state index contributed by atoms with van der Waals surface area (Å²) in [6, 6.07) is 53.6. The maximum absolute atomic E-state index is 2.46. The molecule has 212 valence electrons. The molecule has 0 spiro atoms. The fourth-order valence-corrected chi connectivity index (χ4v) is 7.10. The van der Waals surface area contributed by atoms with Crippen molar-refractivity contribution in [1.82, 2.24) is 0 Å². The van der Waals surface area contributed by atoms with Gasteiger partial charge in [0.2, 0.25) is 0 Å². The van der Waals surface area contributed by atoms with Gasteiger partial charge in [-0.05, 0) is 129 Å². The number of benzene rings is 7. The summed E-state index contributed by atoms with van der Waals surface area (Å²) in [7, 11) is 0. The van der Waals surface area contributed by atoms with Crippen LogP contribution in [0.15, 0.2) is 146 Å². The van der Waals surface area contributed by atoms with Gasteiger partial charge < -0.3 is 4.90 Å². The van der Waals surface area contributed by atoms with Crippen molar-refractivity contribution in [2.24, 2.45) is 0 Å². The van der Waals surface area contributed by atoms with E-state index in [1.54, 1.807) is 0 Å². The quantitative estimate of drug-likeness (QED) is 0.188. The van der Waals surface area contributed by atoms with Gasteiger partial charge in [0.15, 0.2) is 0 Å². The van der Waals surface area contributed by atoms with Gasteiger partial charge in [-0.15, -0.1) is 0 Å². The second-order valence-electron chi connectivity index (χ2n) is 12.1. The minimum atomic E-state index is 1.16. The van der Waals surface area contributed by atoms with Crippen LogP contribution in [0, 0.1) is 6.92 Å². The smallest absolute Gasteiger partial charge is 0.0493 e. The highest BCUT2D eigenvalue weighted by Crippen LogP contribution is 2.42. The van der Waals surface area contributed by atoms with Crippen molar-refractivity contribution in [3.63, 3.8) is 0 Å². The van der Waals surface area contributed by atoms with E-state index in [1.165, 1.54) is 96.8 Å². The number of rotatable bonds is 5. The summed E-state index contributed by atoms with van der Waals surface area (Å²) < 4.78 is 0. The average Bonchev–Trinajstić information content (AvgIpc) is 3.09. The first kappa shape index (κ1) is 26.5. The maximum Gasteiger partial charge on any atom is 0.0493 e. The van der Waals surface area contributed by atoms with Gasteiger partial charge in [-0.2, -0.15) is 0 Å². The molecule has 8 rings (SSSR count). The molecule has 0 amide bonds. The van der Waals surface area contributed by atoms with Gasteiger partial charge in [0.05, 0.1) is 0 Å². The molecule has 0 saturated carbocycles. The number of fused-ring (bicyclic) bond motifs is 4. The Bertz CT molecular complexity index is 2120. The molecule has 0 unspecified atom stereocenters. The summed E-state index contributed by atoms with van der Waals surface area (Å²) in [5, 5.41) is 5.16. The molecule has 0 aromatic heterocycles. The lowest BCUT2D eigenvalue weighted by Crippen LogP contribution is -2.13. The predicted octanol–water partition coefficient (Wildman–Crippen LogP) is 12.0. The summed E-state index contributed by atoms with van der Waals surface area (Å²) in [4.78, 5) is 2.46. The van der Waals surface area contributed by atoms with E-state index in [9.17, 15) is 0 Å². The third kappa shape index (κ3) is 4.75. The molecule has 0 radical (unpaired) electrons. The highest BCUT2D eigenvalue weighted by Gasteiger charge is 2.20. The van der Waals surface area contributed by atoms with Gasteiger partial charge in [-0.1, -0.05) is 109 Å². The van der Waals surface area contributed by atoms with Crippen LogP contribution in [0.25, 0.3) is 43.8 Å². The molecule has 1 heteroatoms. The molecule has 0 fully saturated rings. The molecular formula is C43H35N. The largest absolute Gasteiger partial charge is 0.310 e. The first-order valence-corrected chi connectivity index (χ1v) is 15.8. The van der Waals surface area contributed by atoms with E-state index in [1.807, 2.05) is 0 Å². The van der Waals surface area contributed by atoms with Gasteiger partial charge >= 0.3 is 0 Å². The predicted molar refractivity (Wildman–Crippen MR) is 188 cm³/mol. The zero-order chi connectivity index (χ0) is 29.5. The van der Waals surface area contributed by atoms with E-state index in [4.69, 9.17) is 0 Å². The van der Waals surface area contributed by atoms with Gasteiger partial charge in [-0.25, -0.2) is 0 Å². The van der Waals surface area contributed by atoms with E-state index >= 15 is 0 Å². The van der Waals surface area contributed by atoms with Crippen molar-refractivity contribution in [2.75, 3.05) is 4.90 Å². The summed E-state index contributed by atoms with van der Waals surface area (Å²) in [6.07, 6.45) is 4.91. The molecule has 1 aliphatic rings. The fraction of sp³-hybridized carbons (Fsp3) is 0.116.